The van der Waals surface area contributed by atoms with Crippen LogP contribution in [0.5, 0.6) is 5.75 Å². The second kappa shape index (κ2) is 7.63. The zero-order valence-electron chi connectivity index (χ0n) is 18.4. The number of fused-ring (bicyclic) bond motifs is 5. The SMILES string of the molecule is CNS(=O)(=O)c1ccc(C(=O)O[C@H]2CCC3C4CCc5cc(O)ccc5C4CC[C@@]32C)[nH]1. The lowest BCUT2D eigenvalue weighted by molar-refractivity contribution is -0.0431. The average molecular weight is 459 g/mol. The van der Waals surface area contributed by atoms with Gasteiger partial charge in [0.15, 0.2) is 0 Å². The van der Waals surface area contributed by atoms with Crippen molar-refractivity contribution < 1.29 is 23.1 Å². The number of aromatic nitrogens is 1. The Morgan fingerprint density at radius 1 is 1.19 bits per heavy atom. The minimum absolute atomic E-state index is 0.0464. The summed E-state index contributed by atoms with van der Waals surface area (Å²) in [6, 6.07) is 8.65. The molecule has 7 nitrogen and oxygen atoms in total. The number of aromatic hydroxyl groups is 1. The molecule has 2 saturated carbocycles. The van der Waals surface area contributed by atoms with Crippen molar-refractivity contribution in [2.75, 3.05) is 7.05 Å². The van der Waals surface area contributed by atoms with Gasteiger partial charge in [0.05, 0.1) is 0 Å². The number of carbonyl (C=O) groups is 1. The van der Waals surface area contributed by atoms with Gasteiger partial charge < -0.3 is 14.8 Å². The fraction of sp³-hybridized carbons (Fsp3) is 0.542. The third-order valence-corrected chi connectivity index (χ3v) is 9.66. The molecule has 2 aromatic rings. The standard InChI is InChI=1S/C24H30N2O5S/c1-24-12-11-17-16-6-4-15(27)13-14(16)3-5-18(17)19(24)7-9-21(24)31-23(28)20-8-10-22(26-20)32(29,30)25-2/h4,6,8,10,13,17-19,21,25-27H,3,5,7,9,11-12H2,1-2H3/t17?,18?,19?,21-,24-/m0/s1. The summed E-state index contributed by atoms with van der Waals surface area (Å²) in [4.78, 5) is 15.5. The highest BCUT2D eigenvalue weighted by molar-refractivity contribution is 7.89. The number of hydrogen-bond acceptors (Lipinski definition) is 5. The van der Waals surface area contributed by atoms with Gasteiger partial charge >= 0.3 is 5.97 Å². The highest BCUT2D eigenvalue weighted by Gasteiger charge is 2.56. The first kappa shape index (κ1) is 21.5. The number of rotatable bonds is 4. The maximum atomic E-state index is 12.8. The fourth-order valence-electron chi connectivity index (χ4n) is 6.67. The van der Waals surface area contributed by atoms with E-state index in [0.717, 1.165) is 38.5 Å². The average Bonchev–Trinajstić information content (AvgIpc) is 3.39. The number of esters is 1. The van der Waals surface area contributed by atoms with Crippen molar-refractivity contribution in [2.45, 2.75) is 62.5 Å². The smallest absolute Gasteiger partial charge is 0.355 e. The minimum atomic E-state index is -3.64. The molecule has 3 aliphatic carbocycles. The van der Waals surface area contributed by atoms with E-state index >= 15 is 0 Å². The maximum absolute atomic E-state index is 12.8. The fourth-order valence-corrected chi connectivity index (χ4v) is 7.38. The Labute approximate surface area is 188 Å². The van der Waals surface area contributed by atoms with Gasteiger partial charge in [0.1, 0.15) is 22.6 Å². The molecule has 2 fully saturated rings. The summed E-state index contributed by atoms with van der Waals surface area (Å²) in [7, 11) is -2.31. The van der Waals surface area contributed by atoms with Crippen molar-refractivity contribution >= 4 is 16.0 Å². The number of phenolic OH excluding ortho intramolecular Hbond substituents is 1. The zero-order chi connectivity index (χ0) is 22.7. The summed E-state index contributed by atoms with van der Waals surface area (Å²) in [5.41, 5.74) is 2.74. The number of ether oxygens (including phenoxy) is 1. The molecule has 172 valence electrons. The Bertz CT molecular complexity index is 1160. The van der Waals surface area contributed by atoms with E-state index in [2.05, 4.69) is 22.7 Å². The first-order chi connectivity index (χ1) is 15.2. The van der Waals surface area contributed by atoms with Gasteiger partial charge in [-0.15, -0.1) is 0 Å². The van der Waals surface area contributed by atoms with E-state index in [1.165, 1.54) is 30.3 Å². The molecule has 0 aliphatic heterocycles. The highest BCUT2D eigenvalue weighted by Crippen LogP contribution is 2.61. The largest absolute Gasteiger partial charge is 0.508 e. The van der Waals surface area contributed by atoms with Crippen LogP contribution in [0.2, 0.25) is 0 Å². The van der Waals surface area contributed by atoms with Crippen molar-refractivity contribution in [3.63, 3.8) is 0 Å². The molecule has 3 aliphatic rings. The number of phenols is 1. The van der Waals surface area contributed by atoms with Crippen LogP contribution in [0.15, 0.2) is 35.4 Å². The van der Waals surface area contributed by atoms with Crippen molar-refractivity contribution in [1.29, 1.82) is 0 Å². The molecule has 3 N–H and O–H groups in total. The Kier molecular flexibility index (Phi) is 5.13. The molecule has 3 unspecified atom stereocenters. The van der Waals surface area contributed by atoms with Crippen molar-refractivity contribution in [3.8, 4) is 5.75 Å². The van der Waals surface area contributed by atoms with Crippen LogP contribution in [0.4, 0.5) is 0 Å². The third kappa shape index (κ3) is 3.35. The van der Waals surface area contributed by atoms with E-state index in [1.807, 2.05) is 6.07 Å². The van der Waals surface area contributed by atoms with Crippen LogP contribution in [0.1, 0.15) is 66.6 Å². The summed E-state index contributed by atoms with van der Waals surface area (Å²) in [6.07, 6.45) is 5.82. The zero-order valence-corrected chi connectivity index (χ0v) is 19.2. The minimum Gasteiger partial charge on any atom is -0.508 e. The third-order valence-electron chi connectivity index (χ3n) is 8.31. The van der Waals surface area contributed by atoms with Gasteiger partial charge in [-0.3, -0.25) is 0 Å². The summed E-state index contributed by atoms with van der Waals surface area (Å²) >= 11 is 0. The molecular weight excluding hydrogens is 428 g/mol. The highest BCUT2D eigenvalue weighted by atomic mass is 32.2. The first-order valence-corrected chi connectivity index (χ1v) is 12.9. The quantitative estimate of drug-likeness (QED) is 0.605. The molecule has 0 radical (unpaired) electrons. The molecule has 0 spiro atoms. The number of sulfonamides is 1. The van der Waals surface area contributed by atoms with Crippen LogP contribution in [0, 0.1) is 17.3 Å². The van der Waals surface area contributed by atoms with Crippen LogP contribution in [-0.4, -0.2) is 37.6 Å². The van der Waals surface area contributed by atoms with E-state index in [1.54, 1.807) is 6.07 Å². The molecular formula is C24H30N2O5S. The summed E-state index contributed by atoms with van der Waals surface area (Å²) < 4.78 is 32.1. The summed E-state index contributed by atoms with van der Waals surface area (Å²) in [6.45, 7) is 2.26. The molecule has 0 bridgehead atoms. The summed E-state index contributed by atoms with van der Waals surface area (Å²) in [5, 5.41) is 9.81. The van der Waals surface area contributed by atoms with Gasteiger partial charge in [0.25, 0.3) is 10.0 Å². The first-order valence-electron chi connectivity index (χ1n) is 11.4. The maximum Gasteiger partial charge on any atom is 0.355 e. The van der Waals surface area contributed by atoms with E-state index < -0.39 is 16.0 Å². The Morgan fingerprint density at radius 3 is 2.78 bits per heavy atom. The number of hydrogen-bond donors (Lipinski definition) is 3. The predicted molar refractivity (Wildman–Crippen MR) is 119 cm³/mol. The van der Waals surface area contributed by atoms with Crippen molar-refractivity contribution in [3.05, 3.63) is 47.2 Å². The van der Waals surface area contributed by atoms with Crippen molar-refractivity contribution in [2.24, 2.45) is 17.3 Å². The molecule has 1 heterocycles. The number of aryl methyl sites for hydroxylation is 1. The number of aromatic amines is 1. The van der Waals surface area contributed by atoms with E-state index in [0.29, 0.717) is 23.5 Å². The van der Waals surface area contributed by atoms with Gasteiger partial charge in [-0.05, 0) is 98.7 Å². The van der Waals surface area contributed by atoms with Gasteiger partial charge in [-0.1, -0.05) is 13.0 Å². The lowest BCUT2D eigenvalue weighted by atomic mass is 9.55. The number of benzene rings is 1. The molecule has 5 atom stereocenters. The van der Waals surface area contributed by atoms with Crippen LogP contribution in [0.3, 0.4) is 0 Å². The van der Waals surface area contributed by atoms with Gasteiger partial charge in [0.2, 0.25) is 0 Å². The second-order valence-corrected chi connectivity index (χ2v) is 11.6. The molecule has 0 amide bonds. The van der Waals surface area contributed by atoms with Gasteiger partial charge in [-0.25, -0.2) is 17.9 Å². The lowest BCUT2D eigenvalue weighted by Crippen LogP contribution is -2.45. The Balaban J connectivity index is 1.33. The van der Waals surface area contributed by atoms with Crippen LogP contribution in [0.25, 0.3) is 0 Å². The molecule has 0 saturated heterocycles. The number of carbonyl (C=O) groups excluding carboxylic acids is 1. The molecule has 5 rings (SSSR count). The lowest BCUT2D eigenvalue weighted by Gasteiger charge is -2.50. The molecule has 32 heavy (non-hydrogen) atoms. The molecule has 8 heteroatoms. The van der Waals surface area contributed by atoms with Gasteiger partial charge in [0, 0.05) is 5.41 Å². The number of nitrogens with one attached hydrogen (secondary N) is 2. The van der Waals surface area contributed by atoms with E-state index in [-0.39, 0.29) is 22.2 Å². The monoisotopic (exact) mass is 458 g/mol. The summed E-state index contributed by atoms with van der Waals surface area (Å²) in [5.74, 6) is 1.40. The second-order valence-electron chi connectivity index (χ2n) is 9.76. The van der Waals surface area contributed by atoms with Crippen molar-refractivity contribution in [1.82, 2.24) is 9.71 Å². The predicted octanol–water partition coefficient (Wildman–Crippen LogP) is 3.71. The normalized spacial score (nSPS) is 31.4. The van der Waals surface area contributed by atoms with E-state index in [4.69, 9.17) is 4.74 Å². The van der Waals surface area contributed by atoms with E-state index in [9.17, 15) is 18.3 Å². The van der Waals surface area contributed by atoms with Gasteiger partial charge in [-0.2, -0.15) is 0 Å². The van der Waals surface area contributed by atoms with Crippen LogP contribution >= 0.6 is 0 Å². The Morgan fingerprint density at radius 2 is 2.00 bits per heavy atom. The van der Waals surface area contributed by atoms with Crippen LogP contribution < -0.4 is 4.72 Å². The Hall–Kier alpha value is -2.32. The molecule has 1 aromatic heterocycles. The molecule has 1 aromatic carbocycles. The topological polar surface area (TPSA) is 108 Å². The number of H-pyrrole nitrogens is 1. The van der Waals surface area contributed by atoms with Crippen LogP contribution in [-0.2, 0) is 21.2 Å².